The van der Waals surface area contributed by atoms with Crippen LogP contribution < -0.4 is 5.32 Å². The smallest absolute Gasteiger partial charge is 0.337 e. The normalized spacial score (nSPS) is 18.2. The van der Waals surface area contributed by atoms with Crippen LogP contribution in [-0.4, -0.2) is 37.1 Å². The number of nitrogens with zero attached hydrogens (tertiary/aromatic N) is 1. The number of esters is 1. The molecule has 1 fully saturated rings. The second-order valence-electron chi connectivity index (χ2n) is 5.31. The molecule has 1 heterocycles. The molecule has 0 aliphatic carbocycles. The summed E-state index contributed by atoms with van der Waals surface area (Å²) >= 11 is 6.07. The van der Waals surface area contributed by atoms with Gasteiger partial charge in [0.05, 0.1) is 23.4 Å². The van der Waals surface area contributed by atoms with Gasteiger partial charge in [-0.15, -0.1) is 0 Å². The zero-order chi connectivity index (χ0) is 15.4. The van der Waals surface area contributed by atoms with Gasteiger partial charge in [0.2, 0.25) is 0 Å². The number of benzene rings is 1. The number of nitrogens with one attached hydrogen (secondary N) is 1. The standard InChI is InChI=1S/C15H19ClN2O3/c1-10-4-3-7-18(9-10)15(20)17-13-8-11(14(19)21-2)5-6-12(13)16/h5-6,8,10H,3-4,7,9H2,1-2H3,(H,17,20). The number of ether oxygens (including phenoxy) is 1. The minimum atomic E-state index is -0.464. The Bertz CT molecular complexity index is 548. The Morgan fingerprint density at radius 1 is 1.43 bits per heavy atom. The lowest BCUT2D eigenvalue weighted by Gasteiger charge is -2.31. The van der Waals surface area contributed by atoms with Gasteiger partial charge < -0.3 is 15.0 Å². The van der Waals surface area contributed by atoms with Crippen molar-refractivity contribution in [2.75, 3.05) is 25.5 Å². The van der Waals surface area contributed by atoms with Crippen molar-refractivity contribution < 1.29 is 14.3 Å². The van der Waals surface area contributed by atoms with Gasteiger partial charge in [-0.3, -0.25) is 0 Å². The minimum Gasteiger partial charge on any atom is -0.465 e. The lowest BCUT2D eigenvalue weighted by molar-refractivity contribution is 0.0600. The van der Waals surface area contributed by atoms with Crippen molar-refractivity contribution in [3.8, 4) is 0 Å². The molecule has 1 aromatic rings. The predicted octanol–water partition coefficient (Wildman–Crippen LogP) is 3.39. The molecule has 0 radical (unpaired) electrons. The van der Waals surface area contributed by atoms with Crippen molar-refractivity contribution in [3.63, 3.8) is 0 Å². The number of hydrogen-bond donors (Lipinski definition) is 1. The zero-order valence-electron chi connectivity index (χ0n) is 12.2. The summed E-state index contributed by atoms with van der Waals surface area (Å²) in [6.45, 7) is 3.61. The van der Waals surface area contributed by atoms with E-state index in [0.29, 0.717) is 22.2 Å². The van der Waals surface area contributed by atoms with Gasteiger partial charge in [0, 0.05) is 13.1 Å². The molecule has 0 aromatic heterocycles. The number of urea groups is 1. The molecule has 2 amide bonds. The average molecular weight is 311 g/mol. The summed E-state index contributed by atoms with van der Waals surface area (Å²) in [5.74, 6) is 0.0372. The van der Waals surface area contributed by atoms with Crippen LogP contribution in [-0.2, 0) is 4.74 Å². The molecule has 0 spiro atoms. The van der Waals surface area contributed by atoms with E-state index in [-0.39, 0.29) is 6.03 Å². The van der Waals surface area contributed by atoms with Crippen molar-refractivity contribution in [3.05, 3.63) is 28.8 Å². The highest BCUT2D eigenvalue weighted by Gasteiger charge is 2.21. The molecule has 1 atom stereocenters. The Labute approximate surface area is 129 Å². The molecule has 1 aliphatic rings. The van der Waals surface area contributed by atoms with Crippen LogP contribution in [0.5, 0.6) is 0 Å². The van der Waals surface area contributed by atoms with E-state index in [1.165, 1.54) is 13.2 Å². The maximum Gasteiger partial charge on any atom is 0.337 e. The SMILES string of the molecule is COC(=O)c1ccc(Cl)c(NC(=O)N2CCCC(C)C2)c1. The van der Waals surface area contributed by atoms with Gasteiger partial charge in [0.25, 0.3) is 0 Å². The first-order valence-electron chi connectivity index (χ1n) is 6.95. The van der Waals surface area contributed by atoms with Crippen LogP contribution in [0.1, 0.15) is 30.1 Å². The minimum absolute atomic E-state index is 0.189. The lowest BCUT2D eigenvalue weighted by Crippen LogP contribution is -2.41. The molecule has 1 aromatic carbocycles. The van der Waals surface area contributed by atoms with Crippen LogP contribution in [0.2, 0.25) is 5.02 Å². The summed E-state index contributed by atoms with van der Waals surface area (Å²) in [6.07, 6.45) is 2.15. The molecule has 21 heavy (non-hydrogen) atoms. The highest BCUT2D eigenvalue weighted by Crippen LogP contribution is 2.24. The van der Waals surface area contributed by atoms with Crippen molar-refractivity contribution in [1.29, 1.82) is 0 Å². The molecule has 0 saturated carbocycles. The molecular weight excluding hydrogens is 292 g/mol. The molecule has 1 saturated heterocycles. The highest BCUT2D eigenvalue weighted by atomic mass is 35.5. The summed E-state index contributed by atoms with van der Waals surface area (Å²) in [5, 5.41) is 3.16. The molecule has 6 heteroatoms. The third-order valence-electron chi connectivity index (χ3n) is 3.57. The van der Waals surface area contributed by atoms with E-state index in [0.717, 1.165) is 25.9 Å². The van der Waals surface area contributed by atoms with Gasteiger partial charge in [-0.1, -0.05) is 18.5 Å². The third kappa shape index (κ3) is 3.88. The highest BCUT2D eigenvalue weighted by molar-refractivity contribution is 6.33. The number of amides is 2. The number of likely N-dealkylation sites (tertiary alicyclic amines) is 1. The van der Waals surface area contributed by atoms with Crippen molar-refractivity contribution in [1.82, 2.24) is 4.90 Å². The summed E-state index contributed by atoms with van der Waals surface area (Å²) in [5.41, 5.74) is 0.770. The van der Waals surface area contributed by atoms with E-state index in [2.05, 4.69) is 17.0 Å². The number of carbonyl (C=O) groups excluding carboxylic acids is 2. The van der Waals surface area contributed by atoms with E-state index in [1.54, 1.807) is 17.0 Å². The zero-order valence-corrected chi connectivity index (χ0v) is 12.9. The average Bonchev–Trinajstić information content (AvgIpc) is 2.48. The van der Waals surface area contributed by atoms with E-state index in [1.807, 2.05) is 0 Å². The van der Waals surface area contributed by atoms with Gasteiger partial charge in [0.1, 0.15) is 0 Å². The topological polar surface area (TPSA) is 58.6 Å². The maximum absolute atomic E-state index is 12.3. The van der Waals surface area contributed by atoms with Crippen molar-refractivity contribution in [2.45, 2.75) is 19.8 Å². The first-order chi connectivity index (χ1) is 10.0. The van der Waals surface area contributed by atoms with Gasteiger partial charge in [-0.05, 0) is 37.0 Å². The van der Waals surface area contributed by atoms with Crippen LogP contribution in [0.25, 0.3) is 0 Å². The molecule has 2 rings (SSSR count). The number of hydrogen-bond acceptors (Lipinski definition) is 3. The Morgan fingerprint density at radius 3 is 2.86 bits per heavy atom. The van der Waals surface area contributed by atoms with Crippen molar-refractivity contribution in [2.24, 2.45) is 5.92 Å². The first-order valence-corrected chi connectivity index (χ1v) is 7.33. The lowest BCUT2D eigenvalue weighted by atomic mass is 10.0. The fourth-order valence-corrected chi connectivity index (χ4v) is 2.60. The van der Waals surface area contributed by atoms with Crippen LogP contribution in [0.15, 0.2) is 18.2 Å². The van der Waals surface area contributed by atoms with Crippen LogP contribution >= 0.6 is 11.6 Å². The van der Waals surface area contributed by atoms with Crippen LogP contribution in [0.4, 0.5) is 10.5 Å². The third-order valence-corrected chi connectivity index (χ3v) is 3.90. The Morgan fingerprint density at radius 2 is 2.19 bits per heavy atom. The van der Waals surface area contributed by atoms with E-state index in [4.69, 9.17) is 11.6 Å². The van der Waals surface area contributed by atoms with E-state index in [9.17, 15) is 9.59 Å². The summed E-state index contributed by atoms with van der Waals surface area (Å²) in [4.78, 5) is 25.5. The molecule has 1 unspecified atom stereocenters. The number of piperidine rings is 1. The summed E-state index contributed by atoms with van der Waals surface area (Å²) in [7, 11) is 1.31. The summed E-state index contributed by atoms with van der Waals surface area (Å²) < 4.78 is 4.66. The van der Waals surface area contributed by atoms with Gasteiger partial charge in [-0.25, -0.2) is 9.59 Å². The molecule has 5 nitrogen and oxygen atoms in total. The molecule has 114 valence electrons. The van der Waals surface area contributed by atoms with E-state index < -0.39 is 5.97 Å². The maximum atomic E-state index is 12.3. The Hall–Kier alpha value is -1.75. The number of halogens is 1. The predicted molar refractivity (Wildman–Crippen MR) is 81.8 cm³/mol. The fraction of sp³-hybridized carbons (Fsp3) is 0.467. The van der Waals surface area contributed by atoms with Crippen LogP contribution in [0.3, 0.4) is 0 Å². The van der Waals surface area contributed by atoms with Gasteiger partial charge in [-0.2, -0.15) is 0 Å². The monoisotopic (exact) mass is 310 g/mol. The number of methoxy groups -OCH3 is 1. The quantitative estimate of drug-likeness (QED) is 0.852. The van der Waals surface area contributed by atoms with Gasteiger partial charge >= 0.3 is 12.0 Å². The second-order valence-corrected chi connectivity index (χ2v) is 5.72. The number of anilines is 1. The largest absolute Gasteiger partial charge is 0.465 e. The summed E-state index contributed by atoms with van der Waals surface area (Å²) in [6, 6.07) is 4.47. The number of carbonyl (C=O) groups is 2. The van der Waals surface area contributed by atoms with Crippen molar-refractivity contribution >= 4 is 29.3 Å². The fourth-order valence-electron chi connectivity index (χ4n) is 2.43. The molecule has 1 aliphatic heterocycles. The Balaban J connectivity index is 2.11. The molecule has 1 N–H and O–H groups in total. The van der Waals surface area contributed by atoms with Crippen LogP contribution in [0, 0.1) is 5.92 Å². The molecular formula is C15H19ClN2O3. The number of rotatable bonds is 2. The second kappa shape index (κ2) is 6.80. The van der Waals surface area contributed by atoms with Gasteiger partial charge in [0.15, 0.2) is 0 Å². The molecule has 0 bridgehead atoms. The van der Waals surface area contributed by atoms with E-state index >= 15 is 0 Å². The Kier molecular flexibility index (Phi) is 5.07. The first kappa shape index (κ1) is 15.6.